The van der Waals surface area contributed by atoms with Gasteiger partial charge in [0.2, 0.25) is 0 Å². The summed E-state index contributed by atoms with van der Waals surface area (Å²) >= 11 is 6.04. The first-order valence-electron chi connectivity index (χ1n) is 6.30. The second-order valence-corrected chi connectivity index (χ2v) is 5.53. The van der Waals surface area contributed by atoms with Crippen molar-refractivity contribution in [2.75, 3.05) is 39.1 Å². The number of halogens is 1. The Morgan fingerprint density at radius 3 is 2.39 bits per heavy atom. The van der Waals surface area contributed by atoms with Crippen molar-refractivity contribution in [3.8, 4) is 0 Å². The zero-order valence-electron chi connectivity index (χ0n) is 11.9. The Labute approximate surface area is 115 Å². The Kier molecular flexibility index (Phi) is 5.82. The number of anilines is 1. The lowest BCUT2D eigenvalue weighted by Crippen LogP contribution is -2.24. The van der Waals surface area contributed by atoms with Gasteiger partial charge in [-0.2, -0.15) is 0 Å². The van der Waals surface area contributed by atoms with Gasteiger partial charge < -0.3 is 9.80 Å². The Hall–Kier alpha value is -0.870. The van der Waals surface area contributed by atoms with Crippen LogP contribution in [0, 0.1) is 0 Å². The number of rotatable bonds is 6. The fourth-order valence-corrected chi connectivity index (χ4v) is 1.80. The zero-order chi connectivity index (χ0) is 13.7. The monoisotopic (exact) mass is 270 g/mol. The summed E-state index contributed by atoms with van der Waals surface area (Å²) in [5.41, 5.74) is 0. The topological polar surface area (TPSA) is 32.3 Å². The minimum atomic E-state index is 0.289. The summed E-state index contributed by atoms with van der Waals surface area (Å²) < 4.78 is 0. The summed E-state index contributed by atoms with van der Waals surface area (Å²) in [5, 5.41) is 0.517. The minimum Gasteiger partial charge on any atom is -0.359 e. The van der Waals surface area contributed by atoms with Gasteiger partial charge in [0.05, 0.1) is 0 Å². The lowest BCUT2D eigenvalue weighted by molar-refractivity contribution is 0.401. The first-order valence-corrected chi connectivity index (χ1v) is 6.68. The van der Waals surface area contributed by atoms with Crippen LogP contribution in [0.4, 0.5) is 5.82 Å². The molecule has 0 radical (unpaired) electrons. The lowest BCUT2D eigenvalue weighted by atomic mass is 10.2. The van der Waals surface area contributed by atoms with Crippen LogP contribution in [0.3, 0.4) is 0 Å². The van der Waals surface area contributed by atoms with Gasteiger partial charge in [0.25, 0.3) is 0 Å². The minimum absolute atomic E-state index is 0.289. The summed E-state index contributed by atoms with van der Waals surface area (Å²) in [6.45, 7) is 6.17. The van der Waals surface area contributed by atoms with Gasteiger partial charge in [-0.25, -0.2) is 9.97 Å². The van der Waals surface area contributed by atoms with Crippen LogP contribution in [-0.4, -0.2) is 49.1 Å². The second kappa shape index (κ2) is 6.90. The van der Waals surface area contributed by atoms with E-state index in [1.54, 1.807) is 0 Å². The van der Waals surface area contributed by atoms with Gasteiger partial charge in [0, 0.05) is 25.6 Å². The van der Waals surface area contributed by atoms with Crippen LogP contribution >= 0.6 is 11.6 Å². The van der Waals surface area contributed by atoms with E-state index < -0.39 is 0 Å². The molecule has 0 aromatic carbocycles. The molecule has 1 aromatic rings. The van der Waals surface area contributed by atoms with Crippen molar-refractivity contribution in [2.45, 2.75) is 26.2 Å². The molecular weight excluding hydrogens is 248 g/mol. The van der Waals surface area contributed by atoms with Crippen LogP contribution in [0.1, 0.15) is 32.0 Å². The molecule has 5 heteroatoms. The normalized spacial score (nSPS) is 11.3. The van der Waals surface area contributed by atoms with E-state index in [4.69, 9.17) is 11.6 Å². The maximum atomic E-state index is 6.04. The van der Waals surface area contributed by atoms with Crippen LogP contribution in [0.15, 0.2) is 6.07 Å². The average molecular weight is 271 g/mol. The SMILES string of the molecule is CC(C)c1nc(Cl)cc(N(C)CCCN(C)C)n1. The van der Waals surface area contributed by atoms with Gasteiger partial charge in [-0.1, -0.05) is 25.4 Å². The number of hydrogen-bond donors (Lipinski definition) is 0. The maximum absolute atomic E-state index is 6.04. The van der Waals surface area contributed by atoms with Crippen molar-refractivity contribution >= 4 is 17.4 Å². The third-order valence-electron chi connectivity index (χ3n) is 2.71. The van der Waals surface area contributed by atoms with Crippen molar-refractivity contribution in [2.24, 2.45) is 0 Å². The van der Waals surface area contributed by atoms with Crippen molar-refractivity contribution in [3.05, 3.63) is 17.0 Å². The standard InChI is InChI=1S/C13H23ClN4/c1-10(2)13-15-11(14)9-12(16-13)18(5)8-6-7-17(3)4/h9-10H,6-8H2,1-5H3. The molecule has 1 rings (SSSR count). The van der Waals surface area contributed by atoms with Gasteiger partial charge in [-0.15, -0.1) is 0 Å². The van der Waals surface area contributed by atoms with E-state index >= 15 is 0 Å². The summed E-state index contributed by atoms with van der Waals surface area (Å²) in [6, 6.07) is 1.82. The van der Waals surface area contributed by atoms with Crippen molar-refractivity contribution in [1.29, 1.82) is 0 Å². The number of nitrogens with zero attached hydrogens (tertiary/aromatic N) is 4. The van der Waals surface area contributed by atoms with Gasteiger partial charge in [-0.3, -0.25) is 0 Å². The fraction of sp³-hybridized carbons (Fsp3) is 0.692. The number of aromatic nitrogens is 2. The van der Waals surface area contributed by atoms with Gasteiger partial charge in [0.15, 0.2) is 0 Å². The quantitative estimate of drug-likeness (QED) is 0.744. The molecule has 1 heterocycles. The Morgan fingerprint density at radius 2 is 1.83 bits per heavy atom. The van der Waals surface area contributed by atoms with E-state index in [9.17, 15) is 0 Å². The molecule has 0 N–H and O–H groups in total. The van der Waals surface area contributed by atoms with Gasteiger partial charge in [-0.05, 0) is 27.1 Å². The highest BCUT2D eigenvalue weighted by Gasteiger charge is 2.10. The molecule has 0 amide bonds. The smallest absolute Gasteiger partial charge is 0.135 e. The molecule has 0 fully saturated rings. The van der Waals surface area contributed by atoms with Crippen LogP contribution in [0.5, 0.6) is 0 Å². The average Bonchev–Trinajstić information content (AvgIpc) is 2.27. The molecule has 0 atom stereocenters. The van der Waals surface area contributed by atoms with E-state index in [1.165, 1.54) is 0 Å². The molecule has 102 valence electrons. The molecule has 0 saturated heterocycles. The first kappa shape index (κ1) is 15.2. The molecule has 0 aliphatic heterocycles. The van der Waals surface area contributed by atoms with Gasteiger partial charge in [0.1, 0.15) is 16.8 Å². The predicted octanol–water partition coefficient (Wildman–Crippen LogP) is 2.64. The zero-order valence-corrected chi connectivity index (χ0v) is 12.7. The Balaban J connectivity index is 2.69. The number of hydrogen-bond acceptors (Lipinski definition) is 4. The molecule has 4 nitrogen and oxygen atoms in total. The molecule has 18 heavy (non-hydrogen) atoms. The van der Waals surface area contributed by atoms with E-state index in [0.29, 0.717) is 5.15 Å². The first-order chi connectivity index (χ1) is 8.40. The largest absolute Gasteiger partial charge is 0.359 e. The predicted molar refractivity (Wildman–Crippen MR) is 77.6 cm³/mol. The highest BCUT2D eigenvalue weighted by molar-refractivity contribution is 6.29. The second-order valence-electron chi connectivity index (χ2n) is 5.14. The Bertz CT molecular complexity index is 379. The molecule has 0 bridgehead atoms. The molecule has 0 spiro atoms. The van der Waals surface area contributed by atoms with Crippen LogP contribution in [0.25, 0.3) is 0 Å². The fourth-order valence-electron chi connectivity index (χ4n) is 1.62. The van der Waals surface area contributed by atoms with Crippen molar-refractivity contribution < 1.29 is 0 Å². The van der Waals surface area contributed by atoms with Crippen molar-refractivity contribution in [1.82, 2.24) is 14.9 Å². The van der Waals surface area contributed by atoms with Crippen LogP contribution < -0.4 is 4.90 Å². The summed E-state index contributed by atoms with van der Waals surface area (Å²) in [7, 11) is 6.20. The van der Waals surface area contributed by atoms with E-state index in [0.717, 1.165) is 31.2 Å². The molecule has 0 unspecified atom stereocenters. The van der Waals surface area contributed by atoms with E-state index in [-0.39, 0.29) is 5.92 Å². The molecule has 1 aromatic heterocycles. The third-order valence-corrected chi connectivity index (χ3v) is 2.90. The van der Waals surface area contributed by atoms with Gasteiger partial charge >= 0.3 is 0 Å². The molecule has 0 aliphatic rings. The highest BCUT2D eigenvalue weighted by atomic mass is 35.5. The third kappa shape index (κ3) is 4.78. The summed E-state index contributed by atoms with van der Waals surface area (Å²) in [4.78, 5) is 13.1. The summed E-state index contributed by atoms with van der Waals surface area (Å²) in [6.07, 6.45) is 1.10. The lowest BCUT2D eigenvalue weighted by Gasteiger charge is -2.20. The highest BCUT2D eigenvalue weighted by Crippen LogP contribution is 2.19. The molecule has 0 saturated carbocycles. The van der Waals surface area contributed by atoms with Crippen LogP contribution in [-0.2, 0) is 0 Å². The molecular formula is C13H23ClN4. The maximum Gasteiger partial charge on any atom is 0.135 e. The van der Waals surface area contributed by atoms with Crippen molar-refractivity contribution in [3.63, 3.8) is 0 Å². The van der Waals surface area contributed by atoms with E-state index in [1.807, 2.05) is 13.1 Å². The van der Waals surface area contributed by atoms with Crippen LogP contribution in [0.2, 0.25) is 5.15 Å². The van der Waals surface area contributed by atoms with E-state index in [2.05, 4.69) is 47.7 Å². The Morgan fingerprint density at radius 1 is 1.17 bits per heavy atom. The molecule has 0 aliphatic carbocycles. The summed E-state index contributed by atoms with van der Waals surface area (Å²) in [5.74, 6) is 1.99.